The second-order valence-electron chi connectivity index (χ2n) is 6.73. The second-order valence-corrected chi connectivity index (χ2v) is 7.17. The third-order valence-corrected chi connectivity index (χ3v) is 5.13. The summed E-state index contributed by atoms with van der Waals surface area (Å²) in [7, 11) is 3.65. The Balaban J connectivity index is 1.51. The van der Waals surface area contributed by atoms with Crippen molar-refractivity contribution < 1.29 is 9.53 Å². The van der Waals surface area contributed by atoms with Crippen LogP contribution < -0.4 is 14.5 Å². The monoisotopic (exact) mass is 396 g/mol. The number of anilines is 2. The Bertz CT molecular complexity index is 983. The lowest BCUT2D eigenvalue weighted by atomic mass is 10.2. The Morgan fingerprint density at radius 2 is 1.82 bits per heavy atom. The van der Waals surface area contributed by atoms with E-state index in [2.05, 4.69) is 10.00 Å². The maximum absolute atomic E-state index is 12.9. The lowest BCUT2D eigenvalue weighted by Crippen LogP contribution is -2.40. The van der Waals surface area contributed by atoms with Crippen LogP contribution in [0.1, 0.15) is 16.2 Å². The standard InChI is InChI=1S/C21H21ClN4O2/c1-24(17-7-9-19(28-2)10-8-17)14-16-13-20-21(27)25(11-12-26(20)23-16)18-5-3-15(22)4-6-18/h3-10,13H,11-12,14H2,1-2H3. The smallest absolute Gasteiger partial charge is 0.276 e. The van der Waals surface area contributed by atoms with Gasteiger partial charge in [0, 0.05) is 30.0 Å². The summed E-state index contributed by atoms with van der Waals surface area (Å²) in [6.07, 6.45) is 0. The highest BCUT2D eigenvalue weighted by molar-refractivity contribution is 6.30. The molecule has 1 aromatic heterocycles. The van der Waals surface area contributed by atoms with Gasteiger partial charge >= 0.3 is 0 Å². The zero-order valence-corrected chi connectivity index (χ0v) is 16.6. The van der Waals surface area contributed by atoms with Crippen LogP contribution in [0.2, 0.25) is 5.02 Å². The molecule has 6 nitrogen and oxygen atoms in total. The van der Waals surface area contributed by atoms with Gasteiger partial charge in [-0.1, -0.05) is 11.6 Å². The molecule has 0 unspecified atom stereocenters. The molecule has 0 fully saturated rings. The number of hydrogen-bond donors (Lipinski definition) is 0. The van der Waals surface area contributed by atoms with Crippen molar-refractivity contribution in [1.29, 1.82) is 0 Å². The van der Waals surface area contributed by atoms with E-state index in [1.165, 1.54) is 0 Å². The number of amides is 1. The van der Waals surface area contributed by atoms with Crippen LogP contribution in [-0.2, 0) is 13.1 Å². The molecule has 144 valence electrons. The van der Waals surface area contributed by atoms with E-state index in [4.69, 9.17) is 16.3 Å². The first kappa shape index (κ1) is 18.4. The minimum Gasteiger partial charge on any atom is -0.497 e. The highest BCUT2D eigenvalue weighted by Gasteiger charge is 2.27. The molecule has 7 heteroatoms. The minimum atomic E-state index is -0.0422. The van der Waals surface area contributed by atoms with E-state index in [0.717, 1.165) is 22.8 Å². The van der Waals surface area contributed by atoms with Crippen molar-refractivity contribution in [2.24, 2.45) is 0 Å². The predicted octanol–water partition coefficient (Wildman–Crippen LogP) is 3.84. The van der Waals surface area contributed by atoms with Crippen LogP contribution in [-0.4, -0.2) is 36.4 Å². The number of halogens is 1. The van der Waals surface area contributed by atoms with Crippen molar-refractivity contribution in [3.05, 3.63) is 71.0 Å². The van der Waals surface area contributed by atoms with Gasteiger partial charge in [0.25, 0.3) is 5.91 Å². The first-order chi connectivity index (χ1) is 13.5. The molecule has 1 aliphatic rings. The molecular formula is C21H21ClN4O2. The van der Waals surface area contributed by atoms with Gasteiger partial charge in [0.2, 0.25) is 0 Å². The van der Waals surface area contributed by atoms with E-state index < -0.39 is 0 Å². The van der Waals surface area contributed by atoms with Gasteiger partial charge in [0.05, 0.1) is 25.9 Å². The molecule has 4 rings (SSSR count). The van der Waals surface area contributed by atoms with Gasteiger partial charge in [-0.3, -0.25) is 9.48 Å². The highest BCUT2D eigenvalue weighted by atomic mass is 35.5. The Morgan fingerprint density at radius 1 is 1.11 bits per heavy atom. The average Bonchev–Trinajstić information content (AvgIpc) is 3.13. The summed E-state index contributed by atoms with van der Waals surface area (Å²) >= 11 is 5.96. The number of hydrogen-bond acceptors (Lipinski definition) is 4. The first-order valence-electron chi connectivity index (χ1n) is 9.04. The van der Waals surface area contributed by atoms with Crippen LogP contribution in [0, 0.1) is 0 Å². The Labute approximate surface area is 168 Å². The molecule has 2 aromatic carbocycles. The van der Waals surface area contributed by atoms with Crippen molar-refractivity contribution in [1.82, 2.24) is 9.78 Å². The lowest BCUT2D eigenvalue weighted by molar-refractivity contribution is 0.0962. The number of fused-ring (bicyclic) bond motifs is 1. The van der Waals surface area contributed by atoms with Gasteiger partial charge in [-0.05, 0) is 54.6 Å². The van der Waals surface area contributed by atoms with Crippen molar-refractivity contribution in [3.63, 3.8) is 0 Å². The first-order valence-corrected chi connectivity index (χ1v) is 9.42. The molecule has 0 aliphatic carbocycles. The number of nitrogens with zero attached hydrogens (tertiary/aromatic N) is 4. The second kappa shape index (κ2) is 7.56. The summed E-state index contributed by atoms with van der Waals surface area (Å²) < 4.78 is 7.00. The number of ether oxygens (including phenoxy) is 1. The quantitative estimate of drug-likeness (QED) is 0.657. The molecule has 0 spiro atoms. The number of aromatic nitrogens is 2. The van der Waals surface area contributed by atoms with Gasteiger partial charge in [0.1, 0.15) is 11.4 Å². The van der Waals surface area contributed by atoms with E-state index in [0.29, 0.717) is 30.4 Å². The van der Waals surface area contributed by atoms with E-state index in [-0.39, 0.29) is 5.91 Å². The van der Waals surface area contributed by atoms with Crippen LogP contribution in [0.3, 0.4) is 0 Å². The molecule has 0 radical (unpaired) electrons. The summed E-state index contributed by atoms with van der Waals surface area (Å²) in [5, 5.41) is 5.28. The van der Waals surface area contributed by atoms with E-state index in [1.807, 2.05) is 49.5 Å². The Morgan fingerprint density at radius 3 is 2.50 bits per heavy atom. The number of carbonyl (C=O) groups excluding carboxylic acids is 1. The number of methoxy groups -OCH3 is 1. The van der Waals surface area contributed by atoms with Gasteiger partial charge in [-0.2, -0.15) is 5.10 Å². The van der Waals surface area contributed by atoms with E-state index in [9.17, 15) is 4.79 Å². The van der Waals surface area contributed by atoms with E-state index >= 15 is 0 Å². The molecular weight excluding hydrogens is 376 g/mol. The summed E-state index contributed by atoms with van der Waals surface area (Å²) in [6.45, 7) is 1.86. The van der Waals surface area contributed by atoms with Gasteiger partial charge < -0.3 is 14.5 Å². The van der Waals surface area contributed by atoms with Crippen LogP contribution in [0.15, 0.2) is 54.6 Å². The number of carbonyl (C=O) groups is 1. The molecule has 1 amide bonds. The molecule has 3 aromatic rings. The van der Waals surface area contributed by atoms with Crippen LogP contribution in [0.4, 0.5) is 11.4 Å². The fraction of sp³-hybridized carbons (Fsp3) is 0.238. The Hall–Kier alpha value is -2.99. The zero-order chi connectivity index (χ0) is 19.7. The number of rotatable bonds is 5. The molecule has 2 heterocycles. The fourth-order valence-electron chi connectivity index (χ4n) is 3.36. The SMILES string of the molecule is COc1ccc(N(C)Cc2cc3n(n2)CCN(c2ccc(Cl)cc2)C3=O)cc1. The van der Waals surface area contributed by atoms with Crippen molar-refractivity contribution in [2.45, 2.75) is 13.1 Å². The maximum atomic E-state index is 12.9. The third-order valence-electron chi connectivity index (χ3n) is 4.88. The molecule has 0 bridgehead atoms. The average molecular weight is 397 g/mol. The zero-order valence-electron chi connectivity index (χ0n) is 15.8. The van der Waals surface area contributed by atoms with Crippen LogP contribution >= 0.6 is 11.6 Å². The summed E-state index contributed by atoms with van der Waals surface area (Å²) in [5.41, 5.74) is 3.37. The molecule has 28 heavy (non-hydrogen) atoms. The van der Waals surface area contributed by atoms with Crippen molar-refractivity contribution in [3.8, 4) is 5.75 Å². The van der Waals surface area contributed by atoms with Crippen molar-refractivity contribution >= 4 is 28.9 Å². The summed E-state index contributed by atoms with van der Waals surface area (Å²) in [5.74, 6) is 0.780. The maximum Gasteiger partial charge on any atom is 0.276 e. The molecule has 0 saturated heterocycles. The van der Waals surface area contributed by atoms with Gasteiger partial charge in [-0.25, -0.2) is 0 Å². The summed E-state index contributed by atoms with van der Waals surface area (Å²) in [4.78, 5) is 16.8. The lowest BCUT2D eigenvalue weighted by Gasteiger charge is -2.27. The van der Waals surface area contributed by atoms with Gasteiger partial charge in [-0.15, -0.1) is 0 Å². The minimum absolute atomic E-state index is 0.0422. The van der Waals surface area contributed by atoms with Crippen LogP contribution in [0.25, 0.3) is 0 Å². The largest absolute Gasteiger partial charge is 0.497 e. The van der Waals surface area contributed by atoms with Gasteiger partial charge in [0.15, 0.2) is 0 Å². The predicted molar refractivity (Wildman–Crippen MR) is 110 cm³/mol. The number of benzene rings is 2. The molecule has 0 atom stereocenters. The molecule has 0 saturated carbocycles. The fourth-order valence-corrected chi connectivity index (χ4v) is 3.49. The normalized spacial score (nSPS) is 13.4. The summed E-state index contributed by atoms with van der Waals surface area (Å²) in [6, 6.07) is 17.1. The molecule has 1 aliphatic heterocycles. The van der Waals surface area contributed by atoms with Crippen LogP contribution in [0.5, 0.6) is 5.75 Å². The highest BCUT2D eigenvalue weighted by Crippen LogP contribution is 2.24. The molecule has 0 N–H and O–H groups in total. The topological polar surface area (TPSA) is 50.6 Å². The van der Waals surface area contributed by atoms with E-state index in [1.54, 1.807) is 28.8 Å². The Kier molecular flexibility index (Phi) is 4.96. The van der Waals surface area contributed by atoms with Crippen molar-refractivity contribution in [2.75, 3.05) is 30.5 Å². The third kappa shape index (κ3) is 3.55.